The van der Waals surface area contributed by atoms with Crippen molar-refractivity contribution in [3.63, 3.8) is 0 Å². The van der Waals surface area contributed by atoms with Gasteiger partial charge < -0.3 is 19.6 Å². The quantitative estimate of drug-likeness (QED) is 0.218. The SMILES string of the molecule is CC(C)(C)OC(=O)N[C@H](CO[Si](c1ccccc1)(c1ccccc1)C(C)(C)C)[C@H](O)c1ccc([N+](=O)[O-])cc1. The highest BCUT2D eigenvalue weighted by atomic mass is 28.4. The number of nitrogens with zero attached hydrogens (tertiary/aromatic N) is 1. The van der Waals surface area contributed by atoms with E-state index >= 15 is 0 Å². The highest BCUT2D eigenvalue weighted by Crippen LogP contribution is 2.37. The lowest BCUT2D eigenvalue weighted by atomic mass is 10.0. The van der Waals surface area contributed by atoms with Crippen molar-refractivity contribution >= 4 is 30.5 Å². The summed E-state index contributed by atoms with van der Waals surface area (Å²) in [5.74, 6) is 0. The highest BCUT2D eigenvalue weighted by molar-refractivity contribution is 6.99. The first kappa shape index (κ1) is 30.0. The van der Waals surface area contributed by atoms with Crippen molar-refractivity contribution in [3.8, 4) is 0 Å². The summed E-state index contributed by atoms with van der Waals surface area (Å²) < 4.78 is 12.4. The van der Waals surface area contributed by atoms with E-state index in [1.807, 2.05) is 36.4 Å². The number of carbonyl (C=O) groups excluding carboxylic acids is 1. The number of carbonyl (C=O) groups is 1. The Labute approximate surface area is 231 Å². The van der Waals surface area contributed by atoms with Crippen molar-refractivity contribution in [1.29, 1.82) is 0 Å². The molecule has 0 aliphatic rings. The number of nitro groups is 1. The van der Waals surface area contributed by atoms with Crippen LogP contribution in [-0.4, -0.2) is 42.7 Å². The van der Waals surface area contributed by atoms with Crippen molar-refractivity contribution in [2.75, 3.05) is 6.61 Å². The van der Waals surface area contributed by atoms with Crippen LogP contribution in [0.5, 0.6) is 0 Å². The first-order valence-electron chi connectivity index (χ1n) is 12.9. The molecule has 3 rings (SSSR count). The monoisotopic (exact) mass is 550 g/mol. The Balaban J connectivity index is 2.04. The summed E-state index contributed by atoms with van der Waals surface area (Å²) in [6.45, 7) is 11.7. The first-order valence-corrected chi connectivity index (χ1v) is 14.8. The fourth-order valence-corrected chi connectivity index (χ4v) is 9.26. The van der Waals surface area contributed by atoms with Crippen LogP contribution in [0, 0.1) is 10.1 Å². The molecule has 0 saturated carbocycles. The van der Waals surface area contributed by atoms with E-state index in [1.54, 1.807) is 20.8 Å². The van der Waals surface area contributed by atoms with Gasteiger partial charge in [0.1, 0.15) is 11.7 Å². The van der Waals surface area contributed by atoms with Crippen LogP contribution in [0.4, 0.5) is 10.5 Å². The van der Waals surface area contributed by atoms with E-state index in [2.05, 4.69) is 50.4 Å². The van der Waals surface area contributed by atoms with Gasteiger partial charge in [0.05, 0.1) is 17.6 Å². The molecule has 2 N–H and O–H groups in total. The molecule has 0 aromatic heterocycles. The minimum absolute atomic E-state index is 0.0231. The van der Waals surface area contributed by atoms with E-state index in [9.17, 15) is 20.0 Å². The highest BCUT2D eigenvalue weighted by Gasteiger charge is 2.50. The summed E-state index contributed by atoms with van der Waals surface area (Å²) in [7, 11) is -2.97. The molecule has 208 valence electrons. The molecule has 2 atom stereocenters. The van der Waals surface area contributed by atoms with Crippen molar-refractivity contribution in [2.24, 2.45) is 0 Å². The normalized spacial score (nSPS) is 13.8. The second-order valence-electron chi connectivity index (χ2n) is 11.5. The van der Waals surface area contributed by atoms with Gasteiger partial charge in [0.25, 0.3) is 14.0 Å². The molecule has 39 heavy (non-hydrogen) atoms. The Morgan fingerprint density at radius 1 is 0.897 bits per heavy atom. The van der Waals surface area contributed by atoms with E-state index in [-0.39, 0.29) is 17.3 Å². The topological polar surface area (TPSA) is 111 Å². The maximum absolute atomic E-state index is 12.8. The molecule has 3 aromatic carbocycles. The van der Waals surface area contributed by atoms with Crippen LogP contribution in [0.15, 0.2) is 84.9 Å². The van der Waals surface area contributed by atoms with E-state index in [1.165, 1.54) is 24.3 Å². The van der Waals surface area contributed by atoms with Crippen molar-refractivity contribution < 1.29 is 24.0 Å². The van der Waals surface area contributed by atoms with Gasteiger partial charge in [0.15, 0.2) is 0 Å². The molecular formula is C30H38N2O6Si. The number of nitrogens with one attached hydrogen (secondary N) is 1. The van der Waals surface area contributed by atoms with Crippen LogP contribution in [-0.2, 0) is 9.16 Å². The molecule has 1 amide bonds. The van der Waals surface area contributed by atoms with Crippen LogP contribution >= 0.6 is 0 Å². The number of non-ortho nitro benzene ring substituents is 1. The third-order valence-corrected chi connectivity index (χ3v) is 11.4. The smallest absolute Gasteiger partial charge is 0.408 e. The summed E-state index contributed by atoms with van der Waals surface area (Å²) in [6, 6.07) is 24.8. The number of alkyl carbamates (subject to hydrolysis) is 1. The Morgan fingerprint density at radius 2 is 1.38 bits per heavy atom. The zero-order valence-corrected chi connectivity index (χ0v) is 24.4. The molecule has 0 saturated heterocycles. The molecule has 0 fully saturated rings. The number of hydrogen-bond acceptors (Lipinski definition) is 6. The predicted octanol–water partition coefficient (Wildman–Crippen LogP) is 5.10. The lowest BCUT2D eigenvalue weighted by Crippen LogP contribution is -2.67. The summed E-state index contributed by atoms with van der Waals surface area (Å²) in [6.07, 6.45) is -1.91. The molecule has 0 spiro atoms. The third-order valence-electron chi connectivity index (χ3n) is 6.42. The lowest BCUT2D eigenvalue weighted by molar-refractivity contribution is -0.384. The molecule has 9 heteroatoms. The number of aliphatic hydroxyl groups is 1. The fourth-order valence-electron chi connectivity index (χ4n) is 4.67. The molecule has 0 aliphatic carbocycles. The van der Waals surface area contributed by atoms with Gasteiger partial charge in [-0.3, -0.25) is 10.1 Å². The first-order chi connectivity index (χ1) is 18.2. The zero-order chi connectivity index (χ0) is 28.8. The predicted molar refractivity (Wildman–Crippen MR) is 155 cm³/mol. The molecule has 0 aliphatic heterocycles. The summed E-state index contributed by atoms with van der Waals surface area (Å²) >= 11 is 0. The van der Waals surface area contributed by atoms with E-state index in [0.29, 0.717) is 5.56 Å². The van der Waals surface area contributed by atoms with E-state index < -0.39 is 37.1 Å². The van der Waals surface area contributed by atoms with Crippen LogP contribution in [0.2, 0.25) is 5.04 Å². The second-order valence-corrected chi connectivity index (χ2v) is 15.8. The average Bonchev–Trinajstić information content (AvgIpc) is 2.87. The van der Waals surface area contributed by atoms with Crippen LogP contribution in [0.3, 0.4) is 0 Å². The van der Waals surface area contributed by atoms with Gasteiger partial charge in [-0.05, 0) is 53.9 Å². The molecule has 0 heterocycles. The van der Waals surface area contributed by atoms with Crippen molar-refractivity contribution in [3.05, 3.63) is 101 Å². The van der Waals surface area contributed by atoms with Gasteiger partial charge >= 0.3 is 6.09 Å². The Morgan fingerprint density at radius 3 is 1.79 bits per heavy atom. The minimum atomic E-state index is -2.97. The van der Waals surface area contributed by atoms with Crippen LogP contribution < -0.4 is 15.7 Å². The molecular weight excluding hydrogens is 512 g/mol. The van der Waals surface area contributed by atoms with Gasteiger partial charge in [-0.2, -0.15) is 0 Å². The molecule has 0 unspecified atom stereocenters. The van der Waals surface area contributed by atoms with E-state index in [0.717, 1.165) is 10.4 Å². The maximum atomic E-state index is 12.8. The van der Waals surface area contributed by atoms with Crippen molar-refractivity contribution in [2.45, 2.75) is 64.3 Å². The average molecular weight is 551 g/mol. The van der Waals surface area contributed by atoms with Gasteiger partial charge in [-0.25, -0.2) is 4.79 Å². The number of hydrogen-bond donors (Lipinski definition) is 2. The number of rotatable bonds is 9. The summed E-state index contributed by atoms with van der Waals surface area (Å²) in [5.41, 5.74) is -0.426. The zero-order valence-electron chi connectivity index (χ0n) is 23.4. The van der Waals surface area contributed by atoms with Gasteiger partial charge in [-0.15, -0.1) is 0 Å². The van der Waals surface area contributed by atoms with Gasteiger partial charge in [0, 0.05) is 12.1 Å². The second kappa shape index (κ2) is 12.1. The number of ether oxygens (including phenoxy) is 1. The largest absolute Gasteiger partial charge is 0.444 e. The molecule has 3 aromatic rings. The summed E-state index contributed by atoms with van der Waals surface area (Å²) in [4.78, 5) is 23.5. The minimum Gasteiger partial charge on any atom is -0.444 e. The van der Waals surface area contributed by atoms with Gasteiger partial charge in [-0.1, -0.05) is 81.4 Å². The Bertz CT molecular complexity index is 1200. The van der Waals surface area contributed by atoms with E-state index in [4.69, 9.17) is 9.16 Å². The fraction of sp³-hybridized carbons (Fsp3) is 0.367. The Hall–Kier alpha value is -3.53. The number of nitro benzene ring substituents is 1. The molecule has 0 bridgehead atoms. The number of benzene rings is 3. The molecule has 0 radical (unpaired) electrons. The number of amides is 1. The standard InChI is InChI=1S/C30H38N2O6Si/c1-29(2,3)38-28(34)31-26(27(33)22-17-19-23(20-18-22)32(35)36)21-37-39(30(4,5)6,24-13-9-7-10-14-24)25-15-11-8-12-16-25/h7-20,26-27,33H,21H2,1-6H3,(H,31,34)/t26-,27-/m1/s1. The van der Waals surface area contributed by atoms with Crippen LogP contribution in [0.1, 0.15) is 53.2 Å². The summed E-state index contributed by atoms with van der Waals surface area (Å²) in [5, 5.41) is 27.1. The van der Waals surface area contributed by atoms with Crippen LogP contribution in [0.25, 0.3) is 0 Å². The number of aliphatic hydroxyl groups excluding tert-OH is 1. The third kappa shape index (κ3) is 7.32. The maximum Gasteiger partial charge on any atom is 0.408 e. The lowest BCUT2D eigenvalue weighted by Gasteiger charge is -2.44. The van der Waals surface area contributed by atoms with Gasteiger partial charge in [0.2, 0.25) is 0 Å². The van der Waals surface area contributed by atoms with Crippen molar-refractivity contribution in [1.82, 2.24) is 5.32 Å². The molecule has 8 nitrogen and oxygen atoms in total. The Kier molecular flexibility index (Phi) is 9.32.